The molecule has 0 saturated heterocycles. The highest BCUT2D eigenvalue weighted by atomic mass is 35.5. The molecule has 22 heavy (non-hydrogen) atoms. The van der Waals surface area contributed by atoms with Gasteiger partial charge in [-0.15, -0.1) is 0 Å². The Morgan fingerprint density at radius 2 is 2.05 bits per heavy atom. The van der Waals surface area contributed by atoms with E-state index in [-0.39, 0.29) is 16.8 Å². The molecule has 1 aromatic carbocycles. The Morgan fingerprint density at radius 1 is 1.32 bits per heavy atom. The van der Waals surface area contributed by atoms with E-state index < -0.39 is 23.1 Å². The van der Waals surface area contributed by atoms with Crippen LogP contribution < -0.4 is 4.74 Å². The number of hydrogen-bond donors (Lipinski definition) is 1. The number of nitrogens with zero attached hydrogens (tertiary/aromatic N) is 1. The van der Waals surface area contributed by atoms with Gasteiger partial charge in [0.25, 0.3) is 0 Å². The molecule has 1 aliphatic rings. The Morgan fingerprint density at radius 3 is 2.73 bits per heavy atom. The molecule has 1 unspecified atom stereocenters. The van der Waals surface area contributed by atoms with Gasteiger partial charge < -0.3 is 9.84 Å². The lowest BCUT2D eigenvalue weighted by Gasteiger charge is -2.35. The molecule has 0 amide bonds. The largest absolute Gasteiger partial charge is 0.481 e. The number of pyridine rings is 1. The summed E-state index contributed by atoms with van der Waals surface area (Å²) < 4.78 is 19.6. The first kappa shape index (κ1) is 14.8. The Bertz CT molecular complexity index is 776. The monoisotopic (exact) mass is 321 g/mol. The quantitative estimate of drug-likeness (QED) is 0.841. The minimum atomic E-state index is -1.17. The minimum absolute atomic E-state index is 0.00379. The number of aromatic nitrogens is 1. The molecule has 2 aromatic rings. The van der Waals surface area contributed by atoms with Crippen LogP contribution in [0.1, 0.15) is 30.9 Å². The number of halogens is 2. The van der Waals surface area contributed by atoms with E-state index in [2.05, 4.69) is 4.98 Å². The summed E-state index contributed by atoms with van der Waals surface area (Å²) in [6.07, 6.45) is 0. The van der Waals surface area contributed by atoms with Gasteiger partial charge in [-0.2, -0.15) is 0 Å². The first-order chi connectivity index (χ1) is 10.3. The molecule has 0 aliphatic carbocycles. The fourth-order valence-electron chi connectivity index (χ4n) is 2.76. The average molecular weight is 322 g/mol. The third kappa shape index (κ3) is 2.13. The van der Waals surface area contributed by atoms with E-state index in [1.165, 1.54) is 12.1 Å². The van der Waals surface area contributed by atoms with Gasteiger partial charge in [-0.1, -0.05) is 23.7 Å². The third-order valence-corrected chi connectivity index (χ3v) is 4.16. The highest BCUT2D eigenvalue weighted by Gasteiger charge is 2.44. The maximum Gasteiger partial charge on any atom is 0.310 e. The van der Waals surface area contributed by atoms with Gasteiger partial charge in [0.15, 0.2) is 11.6 Å². The van der Waals surface area contributed by atoms with Crippen LogP contribution >= 0.6 is 11.6 Å². The number of ether oxygens (including phenoxy) is 1. The number of rotatable bonds is 2. The predicted molar refractivity (Wildman–Crippen MR) is 79.0 cm³/mol. The number of para-hydroxylation sites is 1. The van der Waals surface area contributed by atoms with Crippen LogP contribution in [0.5, 0.6) is 11.6 Å². The van der Waals surface area contributed by atoms with Crippen molar-refractivity contribution in [1.82, 2.24) is 4.98 Å². The molecule has 0 saturated carbocycles. The summed E-state index contributed by atoms with van der Waals surface area (Å²) in [6.45, 7) is 3.19. The lowest BCUT2D eigenvalue weighted by atomic mass is 9.70. The standard InChI is InChI=1S/C16H13ClFNO3/c1-16(2,15(20)21)12-8-4-3-5-10(18)13(8)22-14-9(12)6-7-11(17)19-14/h3-7,12H,1-2H3,(H,20,21). The second kappa shape index (κ2) is 4.95. The topological polar surface area (TPSA) is 59.4 Å². The molecule has 0 bridgehead atoms. The molecule has 1 atom stereocenters. The minimum Gasteiger partial charge on any atom is -0.481 e. The maximum atomic E-state index is 14.1. The van der Waals surface area contributed by atoms with Crippen LogP contribution in [0.25, 0.3) is 0 Å². The Labute approximate surface area is 131 Å². The fraction of sp³-hybridized carbons (Fsp3) is 0.250. The zero-order valence-electron chi connectivity index (χ0n) is 11.9. The second-order valence-electron chi connectivity index (χ2n) is 5.75. The normalized spacial score (nSPS) is 16.5. The number of fused-ring (bicyclic) bond motifs is 2. The third-order valence-electron chi connectivity index (χ3n) is 3.95. The van der Waals surface area contributed by atoms with E-state index in [4.69, 9.17) is 16.3 Å². The Kier molecular flexibility index (Phi) is 3.33. The van der Waals surface area contributed by atoms with Gasteiger partial charge in [0.2, 0.25) is 5.88 Å². The van der Waals surface area contributed by atoms with Crippen molar-refractivity contribution < 1.29 is 19.0 Å². The van der Waals surface area contributed by atoms with Crippen LogP contribution in [0.4, 0.5) is 4.39 Å². The van der Waals surface area contributed by atoms with Gasteiger partial charge in [0.1, 0.15) is 5.15 Å². The first-order valence-electron chi connectivity index (χ1n) is 6.68. The molecular formula is C16H13ClFNO3. The van der Waals surface area contributed by atoms with E-state index in [1.807, 2.05) is 0 Å². The number of carbonyl (C=O) groups is 1. The van der Waals surface area contributed by atoms with E-state index >= 15 is 0 Å². The van der Waals surface area contributed by atoms with Gasteiger partial charge in [0.05, 0.1) is 5.41 Å². The van der Waals surface area contributed by atoms with Gasteiger partial charge in [0, 0.05) is 17.0 Å². The van der Waals surface area contributed by atoms with Crippen molar-refractivity contribution in [2.45, 2.75) is 19.8 Å². The number of benzene rings is 1. The molecule has 1 N–H and O–H groups in total. The smallest absolute Gasteiger partial charge is 0.310 e. The van der Waals surface area contributed by atoms with Crippen molar-refractivity contribution in [1.29, 1.82) is 0 Å². The molecule has 0 radical (unpaired) electrons. The summed E-state index contributed by atoms with van der Waals surface area (Å²) in [5, 5.41) is 9.79. The summed E-state index contributed by atoms with van der Waals surface area (Å²) in [4.78, 5) is 15.8. The van der Waals surface area contributed by atoms with E-state index in [0.717, 1.165) is 0 Å². The molecule has 1 aliphatic heterocycles. The maximum absolute atomic E-state index is 14.1. The zero-order chi connectivity index (χ0) is 16.1. The molecule has 4 nitrogen and oxygen atoms in total. The number of aliphatic carboxylic acids is 1. The van der Waals surface area contributed by atoms with Crippen LogP contribution in [-0.2, 0) is 4.79 Å². The molecular weight excluding hydrogens is 309 g/mol. The highest BCUT2D eigenvalue weighted by molar-refractivity contribution is 6.29. The summed E-state index contributed by atoms with van der Waals surface area (Å²) in [5.41, 5.74) is -0.102. The lowest BCUT2D eigenvalue weighted by Crippen LogP contribution is -2.34. The number of hydrogen-bond acceptors (Lipinski definition) is 3. The van der Waals surface area contributed by atoms with Crippen molar-refractivity contribution in [3.63, 3.8) is 0 Å². The number of carboxylic acid groups (broad SMARTS) is 1. The molecule has 1 aromatic heterocycles. The predicted octanol–water partition coefficient (Wildman–Crippen LogP) is 4.22. The molecule has 114 valence electrons. The van der Waals surface area contributed by atoms with Crippen LogP contribution in [0.2, 0.25) is 5.15 Å². The van der Waals surface area contributed by atoms with Gasteiger partial charge >= 0.3 is 5.97 Å². The van der Waals surface area contributed by atoms with Crippen molar-refractivity contribution in [2.24, 2.45) is 5.41 Å². The highest BCUT2D eigenvalue weighted by Crippen LogP contribution is 2.52. The fourth-order valence-corrected chi connectivity index (χ4v) is 2.90. The van der Waals surface area contributed by atoms with Gasteiger partial charge in [-0.3, -0.25) is 4.79 Å². The zero-order valence-corrected chi connectivity index (χ0v) is 12.7. The molecule has 2 heterocycles. The summed E-state index contributed by atoms with van der Waals surface area (Å²) in [7, 11) is 0. The Hall–Kier alpha value is -2.14. The summed E-state index contributed by atoms with van der Waals surface area (Å²) in [5.74, 6) is -2.00. The molecule has 6 heteroatoms. The summed E-state index contributed by atoms with van der Waals surface area (Å²) >= 11 is 5.87. The van der Waals surface area contributed by atoms with Gasteiger partial charge in [-0.25, -0.2) is 9.37 Å². The van der Waals surface area contributed by atoms with Crippen LogP contribution in [-0.4, -0.2) is 16.1 Å². The number of carboxylic acids is 1. The molecule has 3 rings (SSSR count). The van der Waals surface area contributed by atoms with Crippen molar-refractivity contribution >= 4 is 17.6 Å². The van der Waals surface area contributed by atoms with E-state index in [9.17, 15) is 14.3 Å². The summed E-state index contributed by atoms with van der Waals surface area (Å²) in [6, 6.07) is 7.72. The second-order valence-corrected chi connectivity index (χ2v) is 6.14. The van der Waals surface area contributed by atoms with Crippen molar-refractivity contribution in [2.75, 3.05) is 0 Å². The van der Waals surface area contributed by atoms with Crippen LogP contribution in [0.3, 0.4) is 0 Å². The van der Waals surface area contributed by atoms with Gasteiger partial charge in [-0.05, 0) is 32.0 Å². The molecule has 0 spiro atoms. The van der Waals surface area contributed by atoms with Crippen molar-refractivity contribution in [3.8, 4) is 11.6 Å². The van der Waals surface area contributed by atoms with Crippen LogP contribution in [0.15, 0.2) is 30.3 Å². The SMILES string of the molecule is CC(C)(C(=O)O)C1c2ccc(Cl)nc2Oc2c(F)cccc21. The average Bonchev–Trinajstić information content (AvgIpc) is 2.45. The molecule has 0 fully saturated rings. The van der Waals surface area contributed by atoms with E-state index in [0.29, 0.717) is 11.1 Å². The lowest BCUT2D eigenvalue weighted by molar-refractivity contribution is -0.147. The van der Waals surface area contributed by atoms with Crippen molar-refractivity contribution in [3.05, 3.63) is 52.4 Å². The Balaban J connectivity index is 2.30. The van der Waals surface area contributed by atoms with Crippen LogP contribution in [0, 0.1) is 11.2 Å². The first-order valence-corrected chi connectivity index (χ1v) is 7.06. The van der Waals surface area contributed by atoms with E-state index in [1.54, 1.807) is 32.0 Å².